The molecule has 1 aliphatic rings. The first kappa shape index (κ1) is 18.0. The SMILES string of the molecule is C=C[C@H]([C@H](NCc1ccccc1)[C@@H]1COC(C)(C)O1)C(F)(F)F. The van der Waals surface area contributed by atoms with Crippen molar-refractivity contribution in [2.24, 2.45) is 5.92 Å². The van der Waals surface area contributed by atoms with Gasteiger partial charge in [-0.15, -0.1) is 6.58 Å². The van der Waals surface area contributed by atoms with Crippen LogP contribution in [0.25, 0.3) is 0 Å². The molecule has 128 valence electrons. The summed E-state index contributed by atoms with van der Waals surface area (Å²) in [5, 5.41) is 2.98. The second-order valence-corrected chi connectivity index (χ2v) is 6.06. The lowest BCUT2D eigenvalue weighted by Crippen LogP contribution is -2.50. The lowest BCUT2D eigenvalue weighted by molar-refractivity contribution is -0.185. The molecule has 3 nitrogen and oxygen atoms in total. The second kappa shape index (κ2) is 7.03. The highest BCUT2D eigenvalue weighted by atomic mass is 19.4. The van der Waals surface area contributed by atoms with Gasteiger partial charge in [0.25, 0.3) is 0 Å². The maximum absolute atomic E-state index is 13.3. The van der Waals surface area contributed by atoms with Gasteiger partial charge in [0.15, 0.2) is 5.79 Å². The normalized spacial score (nSPS) is 23.4. The Labute approximate surface area is 134 Å². The summed E-state index contributed by atoms with van der Waals surface area (Å²) < 4.78 is 51.1. The van der Waals surface area contributed by atoms with Crippen LogP contribution in [-0.4, -0.2) is 30.7 Å². The summed E-state index contributed by atoms with van der Waals surface area (Å²) >= 11 is 0. The molecule has 23 heavy (non-hydrogen) atoms. The Morgan fingerprint density at radius 2 is 2.00 bits per heavy atom. The zero-order valence-electron chi connectivity index (χ0n) is 13.3. The fourth-order valence-corrected chi connectivity index (χ4v) is 2.70. The summed E-state index contributed by atoms with van der Waals surface area (Å²) in [4.78, 5) is 0. The average molecular weight is 329 g/mol. The van der Waals surface area contributed by atoms with Crippen molar-refractivity contribution < 1.29 is 22.6 Å². The Morgan fingerprint density at radius 1 is 1.35 bits per heavy atom. The number of benzene rings is 1. The van der Waals surface area contributed by atoms with Gasteiger partial charge >= 0.3 is 6.18 Å². The Bertz CT molecular complexity index is 516. The van der Waals surface area contributed by atoms with E-state index in [0.717, 1.165) is 11.6 Å². The van der Waals surface area contributed by atoms with Crippen LogP contribution in [0.15, 0.2) is 43.0 Å². The molecule has 0 amide bonds. The van der Waals surface area contributed by atoms with E-state index in [-0.39, 0.29) is 6.61 Å². The molecular weight excluding hydrogens is 307 g/mol. The minimum absolute atomic E-state index is 0.111. The van der Waals surface area contributed by atoms with Gasteiger partial charge in [0, 0.05) is 6.54 Å². The molecule has 1 aromatic rings. The van der Waals surface area contributed by atoms with Gasteiger partial charge in [-0.3, -0.25) is 0 Å². The van der Waals surface area contributed by atoms with Gasteiger partial charge in [-0.05, 0) is 19.4 Å². The Balaban J connectivity index is 2.15. The molecule has 1 saturated heterocycles. The van der Waals surface area contributed by atoms with Crippen LogP contribution in [0.3, 0.4) is 0 Å². The van der Waals surface area contributed by atoms with E-state index >= 15 is 0 Å². The Hall–Kier alpha value is -1.37. The maximum atomic E-state index is 13.3. The van der Waals surface area contributed by atoms with Crippen LogP contribution < -0.4 is 5.32 Å². The summed E-state index contributed by atoms with van der Waals surface area (Å²) in [7, 11) is 0. The van der Waals surface area contributed by atoms with E-state index in [0.29, 0.717) is 6.54 Å². The fraction of sp³-hybridized carbons (Fsp3) is 0.529. The van der Waals surface area contributed by atoms with Gasteiger partial charge in [0.1, 0.15) is 6.10 Å². The molecule has 1 fully saturated rings. The number of ether oxygens (including phenoxy) is 2. The van der Waals surface area contributed by atoms with Crippen molar-refractivity contribution in [3.05, 3.63) is 48.6 Å². The minimum Gasteiger partial charge on any atom is -0.348 e. The molecule has 3 atom stereocenters. The van der Waals surface area contributed by atoms with E-state index in [1.54, 1.807) is 13.8 Å². The molecule has 1 aliphatic heterocycles. The van der Waals surface area contributed by atoms with Crippen LogP contribution in [0.1, 0.15) is 19.4 Å². The van der Waals surface area contributed by atoms with Crippen LogP contribution in [0.5, 0.6) is 0 Å². The first-order valence-electron chi connectivity index (χ1n) is 7.51. The van der Waals surface area contributed by atoms with Crippen molar-refractivity contribution in [3.63, 3.8) is 0 Å². The molecule has 0 radical (unpaired) electrons. The first-order chi connectivity index (χ1) is 10.7. The van der Waals surface area contributed by atoms with E-state index in [2.05, 4.69) is 11.9 Å². The van der Waals surface area contributed by atoms with Crippen molar-refractivity contribution in [3.8, 4) is 0 Å². The molecule has 0 saturated carbocycles. The molecule has 1 aromatic carbocycles. The van der Waals surface area contributed by atoms with Crippen LogP contribution >= 0.6 is 0 Å². The predicted molar refractivity (Wildman–Crippen MR) is 81.7 cm³/mol. The molecule has 0 aliphatic carbocycles. The van der Waals surface area contributed by atoms with Gasteiger partial charge in [-0.2, -0.15) is 13.2 Å². The number of hydrogen-bond acceptors (Lipinski definition) is 3. The van der Waals surface area contributed by atoms with Gasteiger partial charge in [-0.25, -0.2) is 0 Å². The van der Waals surface area contributed by atoms with Crippen molar-refractivity contribution in [2.75, 3.05) is 6.61 Å². The number of hydrogen-bond donors (Lipinski definition) is 1. The zero-order valence-corrected chi connectivity index (χ0v) is 13.3. The second-order valence-electron chi connectivity index (χ2n) is 6.06. The number of rotatable bonds is 6. The highest BCUT2D eigenvalue weighted by Crippen LogP contribution is 2.35. The highest BCUT2D eigenvalue weighted by molar-refractivity contribution is 5.15. The van der Waals surface area contributed by atoms with E-state index in [1.807, 2.05) is 30.3 Å². The molecule has 0 bridgehead atoms. The highest BCUT2D eigenvalue weighted by Gasteiger charge is 2.48. The smallest absolute Gasteiger partial charge is 0.348 e. The van der Waals surface area contributed by atoms with Crippen LogP contribution in [0, 0.1) is 5.92 Å². The van der Waals surface area contributed by atoms with Crippen LogP contribution in [-0.2, 0) is 16.0 Å². The van der Waals surface area contributed by atoms with E-state index in [1.165, 1.54) is 0 Å². The Morgan fingerprint density at radius 3 is 2.48 bits per heavy atom. The third-order valence-electron chi connectivity index (χ3n) is 3.83. The first-order valence-corrected chi connectivity index (χ1v) is 7.51. The summed E-state index contributed by atoms with van der Waals surface area (Å²) in [6.45, 7) is 7.16. The molecule has 2 rings (SSSR count). The van der Waals surface area contributed by atoms with Crippen molar-refractivity contribution >= 4 is 0 Å². The standard InChI is InChI=1S/C17H22F3NO2/c1-4-13(17(18,19)20)15(14-11-22-16(2,3)23-14)21-10-12-8-6-5-7-9-12/h4-9,13-15,21H,1,10-11H2,2-3H3/t13-,14+,15+/m1/s1. The number of nitrogens with one attached hydrogen (secondary N) is 1. The molecular formula is C17H22F3NO2. The van der Waals surface area contributed by atoms with E-state index < -0.39 is 30.0 Å². The minimum atomic E-state index is -4.40. The zero-order chi connectivity index (χ0) is 17.1. The molecule has 0 unspecified atom stereocenters. The molecule has 1 heterocycles. The lowest BCUT2D eigenvalue weighted by atomic mass is 9.94. The monoisotopic (exact) mass is 329 g/mol. The van der Waals surface area contributed by atoms with E-state index in [4.69, 9.17) is 9.47 Å². The molecule has 1 N–H and O–H groups in total. The molecule has 6 heteroatoms. The predicted octanol–water partition coefficient (Wildman–Crippen LogP) is 3.66. The van der Waals surface area contributed by atoms with Gasteiger partial charge < -0.3 is 14.8 Å². The average Bonchev–Trinajstić information content (AvgIpc) is 2.83. The summed E-state index contributed by atoms with van der Waals surface area (Å²) in [5.41, 5.74) is 0.903. The summed E-state index contributed by atoms with van der Waals surface area (Å²) in [6.07, 6.45) is -4.16. The fourth-order valence-electron chi connectivity index (χ4n) is 2.70. The largest absolute Gasteiger partial charge is 0.396 e. The number of alkyl halides is 3. The van der Waals surface area contributed by atoms with Gasteiger partial charge in [0.05, 0.1) is 18.6 Å². The maximum Gasteiger partial charge on any atom is 0.396 e. The van der Waals surface area contributed by atoms with Gasteiger partial charge in [-0.1, -0.05) is 36.4 Å². The van der Waals surface area contributed by atoms with Gasteiger partial charge in [0.2, 0.25) is 0 Å². The Kier molecular flexibility index (Phi) is 5.49. The third kappa shape index (κ3) is 4.80. The summed E-state index contributed by atoms with van der Waals surface area (Å²) in [5.74, 6) is -2.59. The van der Waals surface area contributed by atoms with Crippen molar-refractivity contribution in [2.45, 2.75) is 44.5 Å². The third-order valence-corrected chi connectivity index (χ3v) is 3.83. The summed E-state index contributed by atoms with van der Waals surface area (Å²) in [6, 6.07) is 8.31. The molecule has 0 spiro atoms. The van der Waals surface area contributed by atoms with Crippen molar-refractivity contribution in [1.29, 1.82) is 0 Å². The van der Waals surface area contributed by atoms with Crippen LogP contribution in [0.4, 0.5) is 13.2 Å². The van der Waals surface area contributed by atoms with Crippen LogP contribution in [0.2, 0.25) is 0 Å². The topological polar surface area (TPSA) is 30.5 Å². The number of halogens is 3. The van der Waals surface area contributed by atoms with E-state index in [9.17, 15) is 13.2 Å². The molecule has 0 aromatic heterocycles. The van der Waals surface area contributed by atoms with Crippen molar-refractivity contribution in [1.82, 2.24) is 5.32 Å². The quantitative estimate of drug-likeness (QED) is 0.808. The lowest BCUT2D eigenvalue weighted by Gasteiger charge is -2.32.